The SMILES string of the molecule is CNc1cn2ccnc2c(NCC(=O)NCC(C)C)n1. The third-order valence-electron chi connectivity index (χ3n) is 2.75. The minimum atomic E-state index is -0.0555. The van der Waals surface area contributed by atoms with Crippen molar-refractivity contribution in [2.45, 2.75) is 13.8 Å². The lowest BCUT2D eigenvalue weighted by Gasteiger charge is -2.10. The fraction of sp³-hybridized carbons (Fsp3) is 0.462. The molecule has 0 atom stereocenters. The van der Waals surface area contributed by atoms with Gasteiger partial charge in [0.05, 0.1) is 12.7 Å². The number of nitrogens with zero attached hydrogens (tertiary/aromatic N) is 3. The van der Waals surface area contributed by atoms with Crippen molar-refractivity contribution >= 4 is 23.2 Å². The summed E-state index contributed by atoms with van der Waals surface area (Å²) >= 11 is 0. The number of imidazole rings is 1. The Hall–Kier alpha value is -2.31. The molecule has 0 spiro atoms. The van der Waals surface area contributed by atoms with Gasteiger partial charge in [0.25, 0.3) is 0 Å². The van der Waals surface area contributed by atoms with Gasteiger partial charge in [-0.2, -0.15) is 0 Å². The van der Waals surface area contributed by atoms with E-state index in [4.69, 9.17) is 0 Å². The molecule has 0 saturated heterocycles. The van der Waals surface area contributed by atoms with Gasteiger partial charge in [0.1, 0.15) is 5.82 Å². The highest BCUT2D eigenvalue weighted by Gasteiger charge is 2.08. The van der Waals surface area contributed by atoms with Crippen molar-refractivity contribution in [1.29, 1.82) is 0 Å². The van der Waals surface area contributed by atoms with Gasteiger partial charge in [-0.05, 0) is 5.92 Å². The fourth-order valence-electron chi connectivity index (χ4n) is 1.72. The Morgan fingerprint density at radius 3 is 2.95 bits per heavy atom. The van der Waals surface area contributed by atoms with E-state index in [0.717, 1.165) is 0 Å². The van der Waals surface area contributed by atoms with E-state index in [9.17, 15) is 4.79 Å². The first-order chi connectivity index (χ1) is 9.60. The van der Waals surface area contributed by atoms with Gasteiger partial charge in [0, 0.05) is 26.0 Å². The van der Waals surface area contributed by atoms with Crippen LogP contribution in [0.1, 0.15) is 13.8 Å². The van der Waals surface area contributed by atoms with Crippen LogP contribution in [0.4, 0.5) is 11.6 Å². The Morgan fingerprint density at radius 1 is 1.45 bits per heavy atom. The molecule has 3 N–H and O–H groups in total. The van der Waals surface area contributed by atoms with Gasteiger partial charge in [0.2, 0.25) is 5.91 Å². The molecule has 0 aromatic carbocycles. The normalized spacial score (nSPS) is 10.8. The van der Waals surface area contributed by atoms with E-state index in [1.54, 1.807) is 13.2 Å². The number of carbonyl (C=O) groups excluding carboxylic acids is 1. The summed E-state index contributed by atoms with van der Waals surface area (Å²) in [7, 11) is 1.80. The van der Waals surface area contributed by atoms with Gasteiger partial charge in [0.15, 0.2) is 11.5 Å². The van der Waals surface area contributed by atoms with Crippen molar-refractivity contribution < 1.29 is 4.79 Å². The molecular formula is C13H20N6O. The summed E-state index contributed by atoms with van der Waals surface area (Å²) in [6.45, 7) is 4.96. The Labute approximate surface area is 117 Å². The van der Waals surface area contributed by atoms with Crippen LogP contribution in [0.5, 0.6) is 0 Å². The topological polar surface area (TPSA) is 83.3 Å². The van der Waals surface area contributed by atoms with Crippen molar-refractivity contribution in [3.05, 3.63) is 18.6 Å². The molecule has 0 aliphatic heterocycles. The number of hydrogen-bond donors (Lipinski definition) is 3. The van der Waals surface area contributed by atoms with Gasteiger partial charge < -0.3 is 20.4 Å². The molecule has 2 aromatic rings. The second-order valence-corrected chi connectivity index (χ2v) is 4.93. The van der Waals surface area contributed by atoms with E-state index >= 15 is 0 Å². The highest BCUT2D eigenvalue weighted by Crippen LogP contribution is 2.15. The molecule has 0 saturated carbocycles. The summed E-state index contributed by atoms with van der Waals surface area (Å²) in [5.74, 6) is 1.67. The molecule has 0 bridgehead atoms. The Bertz CT molecular complexity index is 592. The van der Waals surface area contributed by atoms with E-state index < -0.39 is 0 Å². The third-order valence-corrected chi connectivity index (χ3v) is 2.75. The lowest BCUT2D eigenvalue weighted by Crippen LogP contribution is -2.32. The lowest BCUT2D eigenvalue weighted by molar-refractivity contribution is -0.119. The number of nitrogens with one attached hydrogen (secondary N) is 3. The molecular weight excluding hydrogens is 256 g/mol. The number of anilines is 2. The standard InChI is InChI=1S/C13H20N6O/c1-9(2)6-16-11(20)7-17-12-13-15-4-5-19(13)8-10(14-3)18-12/h4-5,8-9,14H,6-7H2,1-3H3,(H,16,20)(H,17,18). The van der Waals surface area contributed by atoms with Crippen molar-refractivity contribution in [2.24, 2.45) is 5.92 Å². The maximum absolute atomic E-state index is 11.7. The Balaban J connectivity index is 2.05. The van der Waals surface area contributed by atoms with Gasteiger partial charge in [-0.3, -0.25) is 4.79 Å². The zero-order valence-corrected chi connectivity index (χ0v) is 12.0. The quantitative estimate of drug-likeness (QED) is 0.732. The third kappa shape index (κ3) is 3.37. The van der Waals surface area contributed by atoms with Gasteiger partial charge in [-0.15, -0.1) is 0 Å². The number of rotatable bonds is 6. The van der Waals surface area contributed by atoms with Crippen LogP contribution in [-0.2, 0) is 4.79 Å². The predicted molar refractivity (Wildman–Crippen MR) is 78.9 cm³/mol. The second kappa shape index (κ2) is 6.23. The first-order valence-corrected chi connectivity index (χ1v) is 6.62. The molecule has 2 aromatic heterocycles. The summed E-state index contributed by atoms with van der Waals surface area (Å²) in [6, 6.07) is 0. The van der Waals surface area contributed by atoms with Gasteiger partial charge in [-0.1, -0.05) is 13.8 Å². The minimum absolute atomic E-state index is 0.0555. The first-order valence-electron chi connectivity index (χ1n) is 6.62. The van der Waals surface area contributed by atoms with Crippen LogP contribution in [0.2, 0.25) is 0 Å². The van der Waals surface area contributed by atoms with Crippen molar-refractivity contribution in [1.82, 2.24) is 19.7 Å². The monoisotopic (exact) mass is 276 g/mol. The van der Waals surface area contributed by atoms with Crippen LogP contribution in [0.25, 0.3) is 5.65 Å². The number of fused-ring (bicyclic) bond motifs is 1. The summed E-state index contributed by atoms with van der Waals surface area (Å²) < 4.78 is 1.85. The number of hydrogen-bond acceptors (Lipinski definition) is 5. The number of carbonyl (C=O) groups is 1. The highest BCUT2D eigenvalue weighted by atomic mass is 16.1. The van der Waals surface area contributed by atoms with Crippen molar-refractivity contribution in [3.63, 3.8) is 0 Å². The minimum Gasteiger partial charge on any atom is -0.372 e. The van der Waals surface area contributed by atoms with Crippen LogP contribution < -0.4 is 16.0 Å². The van der Waals surface area contributed by atoms with E-state index in [-0.39, 0.29) is 12.5 Å². The van der Waals surface area contributed by atoms with Gasteiger partial charge in [-0.25, -0.2) is 9.97 Å². The summed E-state index contributed by atoms with van der Waals surface area (Å²) in [6.07, 6.45) is 5.37. The van der Waals surface area contributed by atoms with Gasteiger partial charge >= 0.3 is 0 Å². The van der Waals surface area contributed by atoms with Crippen LogP contribution in [0.3, 0.4) is 0 Å². The van der Waals surface area contributed by atoms with E-state index in [2.05, 4.69) is 39.8 Å². The molecule has 2 rings (SSSR count). The van der Waals surface area contributed by atoms with Crippen LogP contribution in [0.15, 0.2) is 18.6 Å². The maximum Gasteiger partial charge on any atom is 0.239 e. The summed E-state index contributed by atoms with van der Waals surface area (Å²) in [5.41, 5.74) is 0.695. The van der Waals surface area contributed by atoms with Crippen LogP contribution in [0, 0.1) is 5.92 Å². The highest BCUT2D eigenvalue weighted by molar-refractivity contribution is 5.81. The largest absolute Gasteiger partial charge is 0.372 e. The fourth-order valence-corrected chi connectivity index (χ4v) is 1.72. The van der Waals surface area contributed by atoms with E-state index in [1.165, 1.54) is 0 Å². The molecule has 7 heteroatoms. The zero-order valence-electron chi connectivity index (χ0n) is 12.0. The van der Waals surface area contributed by atoms with Crippen molar-refractivity contribution in [3.8, 4) is 0 Å². The van der Waals surface area contributed by atoms with Crippen LogP contribution in [-0.4, -0.2) is 40.4 Å². The predicted octanol–water partition coefficient (Wildman–Crippen LogP) is 0.955. The van der Waals surface area contributed by atoms with E-state index in [1.807, 2.05) is 16.8 Å². The lowest BCUT2D eigenvalue weighted by atomic mass is 10.2. The Morgan fingerprint density at radius 2 is 2.25 bits per heavy atom. The molecule has 20 heavy (non-hydrogen) atoms. The van der Waals surface area contributed by atoms with E-state index in [0.29, 0.717) is 29.7 Å². The Kier molecular flexibility index (Phi) is 4.39. The average molecular weight is 276 g/mol. The second-order valence-electron chi connectivity index (χ2n) is 4.93. The molecule has 7 nitrogen and oxygen atoms in total. The molecule has 108 valence electrons. The smallest absolute Gasteiger partial charge is 0.239 e. The molecule has 0 aliphatic rings. The average Bonchev–Trinajstić information content (AvgIpc) is 2.90. The molecule has 2 heterocycles. The zero-order chi connectivity index (χ0) is 14.5. The number of amides is 1. The molecule has 0 fully saturated rings. The summed E-state index contributed by atoms with van der Waals surface area (Å²) in [4.78, 5) is 20.3. The molecule has 0 unspecified atom stereocenters. The van der Waals surface area contributed by atoms with Crippen molar-refractivity contribution in [2.75, 3.05) is 30.8 Å². The summed E-state index contributed by atoms with van der Waals surface area (Å²) in [5, 5.41) is 8.85. The molecule has 1 amide bonds. The molecule has 0 aliphatic carbocycles. The van der Waals surface area contributed by atoms with Crippen LogP contribution >= 0.6 is 0 Å². The first kappa shape index (κ1) is 14.1. The maximum atomic E-state index is 11.7. The number of aromatic nitrogens is 3. The molecule has 0 radical (unpaired) electrons.